The van der Waals surface area contributed by atoms with Crippen molar-refractivity contribution in [3.05, 3.63) is 16.1 Å². The van der Waals surface area contributed by atoms with Gasteiger partial charge in [0, 0.05) is 37.6 Å². The first kappa shape index (κ1) is 20.6. The van der Waals surface area contributed by atoms with E-state index in [1.807, 2.05) is 6.20 Å². The Labute approximate surface area is 149 Å². The number of nitrogens with zero attached hydrogens (tertiary/aromatic N) is 3. The first-order chi connectivity index (χ1) is 9.65. The van der Waals surface area contributed by atoms with Crippen molar-refractivity contribution in [1.82, 2.24) is 20.5 Å². The molecule has 0 saturated heterocycles. The molecule has 0 atom stereocenters. The molecule has 5 nitrogen and oxygen atoms in total. The minimum atomic E-state index is 0. The summed E-state index contributed by atoms with van der Waals surface area (Å²) in [6.07, 6.45) is 5.11. The van der Waals surface area contributed by atoms with Gasteiger partial charge >= 0.3 is 0 Å². The summed E-state index contributed by atoms with van der Waals surface area (Å²) in [4.78, 5) is 12.2. The molecule has 7 heteroatoms. The van der Waals surface area contributed by atoms with Gasteiger partial charge in [0.05, 0.1) is 5.01 Å². The highest BCUT2D eigenvalue weighted by Crippen LogP contribution is 2.13. The van der Waals surface area contributed by atoms with Gasteiger partial charge in [-0.15, -0.1) is 35.3 Å². The van der Waals surface area contributed by atoms with Gasteiger partial charge in [-0.1, -0.05) is 6.92 Å². The van der Waals surface area contributed by atoms with Crippen molar-refractivity contribution in [2.75, 3.05) is 40.8 Å². The molecule has 0 bridgehead atoms. The van der Waals surface area contributed by atoms with E-state index in [0.29, 0.717) is 0 Å². The zero-order valence-corrected chi connectivity index (χ0v) is 16.6. The minimum Gasteiger partial charge on any atom is -0.356 e. The van der Waals surface area contributed by atoms with Crippen molar-refractivity contribution < 1.29 is 0 Å². The number of aryl methyl sites for hydroxylation is 1. The van der Waals surface area contributed by atoms with E-state index in [2.05, 4.69) is 46.5 Å². The van der Waals surface area contributed by atoms with Crippen LogP contribution >= 0.6 is 35.3 Å². The van der Waals surface area contributed by atoms with Crippen LogP contribution in [0.3, 0.4) is 0 Å². The normalized spacial score (nSPS) is 11.4. The SMILES string of the molecule is CCc1cnc(CCNC(=NC)NCCCN(C)C)s1.I. The van der Waals surface area contributed by atoms with Crippen molar-refractivity contribution >= 4 is 41.3 Å². The second-order valence-electron chi connectivity index (χ2n) is 4.91. The van der Waals surface area contributed by atoms with Crippen LogP contribution in [-0.2, 0) is 12.8 Å². The molecule has 0 saturated carbocycles. The van der Waals surface area contributed by atoms with Gasteiger partial charge in [-0.05, 0) is 33.5 Å². The lowest BCUT2D eigenvalue weighted by Gasteiger charge is -2.13. The van der Waals surface area contributed by atoms with E-state index in [1.165, 1.54) is 9.88 Å². The number of hydrogen-bond acceptors (Lipinski definition) is 4. The number of rotatable bonds is 8. The van der Waals surface area contributed by atoms with E-state index in [4.69, 9.17) is 0 Å². The third-order valence-electron chi connectivity index (χ3n) is 2.88. The van der Waals surface area contributed by atoms with Crippen LogP contribution in [0.2, 0.25) is 0 Å². The molecule has 2 N–H and O–H groups in total. The Morgan fingerprint density at radius 3 is 2.62 bits per heavy atom. The Morgan fingerprint density at radius 1 is 1.33 bits per heavy atom. The maximum atomic E-state index is 4.42. The van der Waals surface area contributed by atoms with E-state index >= 15 is 0 Å². The molecule has 0 unspecified atom stereocenters. The Balaban J connectivity index is 0.00000400. The number of aliphatic imine (C=N–C) groups is 1. The summed E-state index contributed by atoms with van der Waals surface area (Å²) in [7, 11) is 5.98. The summed E-state index contributed by atoms with van der Waals surface area (Å²) < 4.78 is 0. The second-order valence-corrected chi connectivity index (χ2v) is 6.11. The Bertz CT molecular complexity index is 406. The Hall–Kier alpha value is -0.410. The molecule has 122 valence electrons. The fraction of sp³-hybridized carbons (Fsp3) is 0.714. The summed E-state index contributed by atoms with van der Waals surface area (Å²) >= 11 is 1.80. The highest BCUT2D eigenvalue weighted by Gasteiger charge is 2.01. The number of nitrogens with one attached hydrogen (secondary N) is 2. The summed E-state index contributed by atoms with van der Waals surface area (Å²) in [5.74, 6) is 0.871. The van der Waals surface area contributed by atoms with Gasteiger partial charge < -0.3 is 15.5 Å². The fourth-order valence-corrected chi connectivity index (χ4v) is 2.60. The standard InChI is InChI=1S/C14H27N5S.HI/c1-5-12-11-18-13(20-12)7-9-17-14(15-2)16-8-6-10-19(3)4;/h11H,5-10H2,1-4H3,(H2,15,16,17);1H. The van der Waals surface area contributed by atoms with Gasteiger partial charge in [-0.3, -0.25) is 4.99 Å². The molecule has 0 aliphatic carbocycles. The maximum absolute atomic E-state index is 4.42. The van der Waals surface area contributed by atoms with Crippen molar-refractivity contribution in [2.24, 2.45) is 4.99 Å². The molecule has 21 heavy (non-hydrogen) atoms. The number of thiazole rings is 1. The molecule has 0 aliphatic heterocycles. The third-order valence-corrected chi connectivity index (χ3v) is 4.08. The van der Waals surface area contributed by atoms with Gasteiger partial charge in [-0.25, -0.2) is 4.98 Å². The molecule has 1 aromatic heterocycles. The lowest BCUT2D eigenvalue weighted by molar-refractivity contribution is 0.399. The average Bonchev–Trinajstić information content (AvgIpc) is 2.89. The number of aromatic nitrogens is 1. The Kier molecular flexibility index (Phi) is 11.9. The first-order valence-corrected chi connectivity index (χ1v) is 8.00. The smallest absolute Gasteiger partial charge is 0.190 e. The predicted octanol–water partition coefficient (Wildman–Crippen LogP) is 1.98. The molecule has 0 aliphatic rings. The molecule has 0 fully saturated rings. The van der Waals surface area contributed by atoms with Gasteiger partial charge in [0.25, 0.3) is 0 Å². The number of guanidine groups is 1. The van der Waals surface area contributed by atoms with E-state index in [0.717, 1.165) is 44.9 Å². The third kappa shape index (κ3) is 9.26. The highest BCUT2D eigenvalue weighted by atomic mass is 127. The van der Waals surface area contributed by atoms with E-state index in [9.17, 15) is 0 Å². The minimum absolute atomic E-state index is 0. The fourth-order valence-electron chi connectivity index (χ4n) is 1.74. The van der Waals surface area contributed by atoms with E-state index in [1.54, 1.807) is 18.4 Å². The number of hydrogen-bond donors (Lipinski definition) is 2. The van der Waals surface area contributed by atoms with Crippen LogP contribution in [0, 0.1) is 0 Å². The summed E-state index contributed by atoms with van der Waals surface area (Å²) in [5, 5.41) is 7.84. The van der Waals surface area contributed by atoms with Gasteiger partial charge in [0.15, 0.2) is 5.96 Å². The summed E-state index contributed by atoms with van der Waals surface area (Å²) in [6, 6.07) is 0. The molecule has 1 heterocycles. The molecule has 0 amide bonds. The van der Waals surface area contributed by atoms with Gasteiger partial charge in [0.1, 0.15) is 0 Å². The van der Waals surface area contributed by atoms with Crippen LogP contribution < -0.4 is 10.6 Å². The molecule has 0 radical (unpaired) electrons. The topological polar surface area (TPSA) is 52.6 Å². The molecule has 1 rings (SSSR count). The lowest BCUT2D eigenvalue weighted by Crippen LogP contribution is -2.39. The van der Waals surface area contributed by atoms with E-state index < -0.39 is 0 Å². The maximum Gasteiger partial charge on any atom is 0.190 e. The van der Waals surface area contributed by atoms with Crippen LogP contribution in [0.1, 0.15) is 23.2 Å². The highest BCUT2D eigenvalue weighted by molar-refractivity contribution is 14.0. The molecular formula is C14H28IN5S. The van der Waals surface area contributed by atoms with Gasteiger partial charge in [-0.2, -0.15) is 0 Å². The van der Waals surface area contributed by atoms with Gasteiger partial charge in [0.2, 0.25) is 0 Å². The first-order valence-electron chi connectivity index (χ1n) is 7.18. The zero-order chi connectivity index (χ0) is 14.8. The summed E-state index contributed by atoms with van der Waals surface area (Å²) in [6.45, 7) is 5.05. The van der Waals surface area contributed by atoms with Crippen LogP contribution in [-0.4, -0.2) is 56.6 Å². The average molecular weight is 425 g/mol. The molecular weight excluding hydrogens is 397 g/mol. The second kappa shape index (κ2) is 12.2. The van der Waals surface area contributed by atoms with Crippen LogP contribution in [0.5, 0.6) is 0 Å². The zero-order valence-electron chi connectivity index (χ0n) is 13.5. The number of halogens is 1. The molecule has 1 aromatic rings. The van der Waals surface area contributed by atoms with Crippen LogP contribution in [0.4, 0.5) is 0 Å². The van der Waals surface area contributed by atoms with Crippen molar-refractivity contribution in [2.45, 2.75) is 26.2 Å². The van der Waals surface area contributed by atoms with Crippen molar-refractivity contribution in [3.63, 3.8) is 0 Å². The molecule has 0 spiro atoms. The van der Waals surface area contributed by atoms with Crippen LogP contribution in [0.25, 0.3) is 0 Å². The Morgan fingerprint density at radius 2 is 2.05 bits per heavy atom. The molecule has 0 aromatic carbocycles. The largest absolute Gasteiger partial charge is 0.356 e. The van der Waals surface area contributed by atoms with E-state index in [-0.39, 0.29) is 24.0 Å². The van der Waals surface area contributed by atoms with Crippen molar-refractivity contribution in [3.8, 4) is 0 Å². The quantitative estimate of drug-likeness (QED) is 0.290. The summed E-state index contributed by atoms with van der Waals surface area (Å²) in [5.41, 5.74) is 0. The predicted molar refractivity (Wildman–Crippen MR) is 103 cm³/mol. The van der Waals surface area contributed by atoms with Crippen molar-refractivity contribution in [1.29, 1.82) is 0 Å². The lowest BCUT2D eigenvalue weighted by atomic mass is 10.4. The monoisotopic (exact) mass is 425 g/mol. The van der Waals surface area contributed by atoms with Crippen LogP contribution in [0.15, 0.2) is 11.2 Å².